The van der Waals surface area contributed by atoms with Crippen LogP contribution in [0.2, 0.25) is 5.02 Å². The van der Waals surface area contributed by atoms with Crippen molar-refractivity contribution in [3.63, 3.8) is 0 Å². The van der Waals surface area contributed by atoms with Gasteiger partial charge in [-0.25, -0.2) is 24.3 Å². The van der Waals surface area contributed by atoms with Crippen LogP contribution in [0.1, 0.15) is 164 Å². The molecule has 0 aliphatic heterocycles. The van der Waals surface area contributed by atoms with E-state index in [2.05, 4.69) is 168 Å². The van der Waals surface area contributed by atoms with Crippen LogP contribution in [0.3, 0.4) is 0 Å². The number of hydrogen-bond acceptors (Lipinski definition) is 25. The third-order valence-electron chi connectivity index (χ3n) is 22.4. The number of rotatable bonds is 26. The van der Waals surface area contributed by atoms with Crippen molar-refractivity contribution in [2.24, 2.45) is 33.5 Å². The Balaban J connectivity index is 0.000000268. The van der Waals surface area contributed by atoms with Crippen molar-refractivity contribution in [2.75, 3.05) is 82.9 Å². The fourth-order valence-electron chi connectivity index (χ4n) is 13.5. The summed E-state index contributed by atoms with van der Waals surface area (Å²) in [5, 5.41) is 94.3. The summed E-state index contributed by atoms with van der Waals surface area (Å²) in [5.74, 6) is 6.60. The Bertz CT molecular complexity index is 4620. The van der Waals surface area contributed by atoms with Crippen LogP contribution in [-0.2, 0) is 25.7 Å². The van der Waals surface area contributed by atoms with Gasteiger partial charge in [0.15, 0.2) is 11.5 Å². The lowest BCUT2D eigenvalue weighted by Crippen LogP contribution is -2.57. The summed E-state index contributed by atoms with van der Waals surface area (Å²) < 4.78 is 23.2. The largest absolute Gasteiger partial charge is 0.504 e. The number of phenolic OH excluding ortho intramolecular Hbond substituents is 1. The molecule has 4 aromatic carbocycles. The molecule has 110 heavy (non-hydrogen) atoms. The number of halogens is 2. The summed E-state index contributed by atoms with van der Waals surface area (Å²) in [7, 11) is 3.17. The fraction of sp³-hybridized carbons (Fsp3) is 0.470. The average Bonchev–Trinajstić information content (AvgIpc) is 0.777. The van der Waals surface area contributed by atoms with E-state index in [-0.39, 0.29) is 63.2 Å². The number of phenols is 1. The van der Waals surface area contributed by atoms with Crippen LogP contribution in [0.4, 0.5) is 51.5 Å². The van der Waals surface area contributed by atoms with Crippen molar-refractivity contribution >= 4 is 58.7 Å². The van der Waals surface area contributed by atoms with Crippen molar-refractivity contribution in [1.82, 2.24) is 39.9 Å². The zero-order chi connectivity index (χ0) is 79.5. The first kappa shape index (κ1) is 83.1. The number of aliphatic hydroxyl groups excluding tert-OH is 2. The number of aromatic hydroxyl groups is 1. The molecular weight excluding hydrogens is 1410 g/mol. The minimum absolute atomic E-state index is 0. The van der Waals surface area contributed by atoms with Crippen molar-refractivity contribution in [3.05, 3.63) is 171 Å². The van der Waals surface area contributed by atoms with Gasteiger partial charge in [-0.1, -0.05) is 123 Å². The van der Waals surface area contributed by atoms with E-state index in [9.17, 15) is 40.8 Å². The molecule has 8 atom stereocenters. The van der Waals surface area contributed by atoms with Gasteiger partial charge in [-0.05, 0) is 169 Å². The summed E-state index contributed by atoms with van der Waals surface area (Å²) in [6.07, 6.45) is 13.8. The standard InChI is InChI=1S/C22H28ClN5O.C21H27N5O.C20H24FN5.C20H25N5O3.4H2/c1-14-10-15(4-6-18(14)23)8-9-25-21-26-13-16(12-24)20(28-21)27-17-5-7-19(29)22(2,3)11-17;1-14-11-18(21(14,2)3)25-19-16(12-22)13-24-20(26-19)23-10-9-15-5-7-17(27-4)8-6-15;1-13-10-17(20(13,2)3)25-18-15(11-22)12-24-19(26-18)23-9-8-14-4-6-16(21)7-5-14;1-20(2)16(9-17(20)27)24-18-13(10-21)11-23-19(25-18)22-7-6-12-4-5-14(26)15(8-12)28-3;;;;/h4,6,10,13,17,19,29H,5,7-9,11H2,1-3H3,(H2,25,26,27,28);5-8,13-14,18H,9-11H2,1-4H3,(H2,23,24,25,26);4-7,12-13,17H,8-10H2,1-3H3,(H2,23,24,25,26);4-5,8,11,16-17,26-27H,6-7,9H2,1-3H3,(H2,22,23,24,25);4*1H/t17-,19+;14-,18+;13-,17+;16-,17+;;;;/m1001..../s1. The molecule has 4 aromatic heterocycles. The molecule has 4 saturated carbocycles. The maximum atomic E-state index is 12.9. The minimum Gasteiger partial charge on any atom is -0.504 e. The molecule has 4 heterocycles. The Morgan fingerprint density at radius 1 is 0.500 bits per heavy atom. The van der Waals surface area contributed by atoms with E-state index in [0.29, 0.717) is 138 Å². The van der Waals surface area contributed by atoms with E-state index >= 15 is 0 Å². The monoisotopic (exact) mass is 1520 g/mol. The Morgan fingerprint density at radius 2 is 0.882 bits per heavy atom. The lowest BCUT2D eigenvalue weighted by molar-refractivity contribution is -0.0511. The number of methoxy groups -OCH3 is 2. The van der Waals surface area contributed by atoms with Crippen LogP contribution in [-0.4, -0.2) is 132 Å². The quantitative estimate of drug-likeness (QED) is 0.0240. The Morgan fingerprint density at radius 3 is 1.25 bits per heavy atom. The molecule has 0 unspecified atom stereocenters. The molecule has 12 rings (SSSR count). The van der Waals surface area contributed by atoms with Gasteiger partial charge in [0.1, 0.15) is 81.4 Å². The number of aliphatic hydroxyl groups is 2. The smallest absolute Gasteiger partial charge is 0.224 e. The lowest BCUT2D eigenvalue weighted by atomic mass is 9.59. The highest BCUT2D eigenvalue weighted by atomic mass is 35.5. The number of nitrogens with one attached hydrogen (secondary N) is 8. The zero-order valence-electron chi connectivity index (χ0n) is 65.2. The highest BCUT2D eigenvalue weighted by molar-refractivity contribution is 6.31. The third kappa shape index (κ3) is 21.7. The van der Waals surface area contributed by atoms with E-state index in [1.54, 1.807) is 50.0 Å². The molecule has 25 nitrogen and oxygen atoms in total. The number of aromatic nitrogens is 8. The van der Waals surface area contributed by atoms with Crippen LogP contribution in [0, 0.1) is 91.6 Å². The number of benzene rings is 4. The Hall–Kier alpha value is -10.9. The molecule has 0 radical (unpaired) electrons. The average molecular weight is 1520 g/mol. The second-order valence-corrected chi connectivity index (χ2v) is 31.7. The predicted octanol–water partition coefficient (Wildman–Crippen LogP) is 15.4. The van der Waals surface area contributed by atoms with Gasteiger partial charge in [0.05, 0.1) is 51.2 Å². The summed E-state index contributed by atoms with van der Waals surface area (Å²) in [6, 6.07) is 35.1. The molecule has 0 saturated heterocycles. The molecule has 4 aliphatic carbocycles. The van der Waals surface area contributed by atoms with Gasteiger partial charge in [-0.2, -0.15) is 41.0 Å². The third-order valence-corrected chi connectivity index (χ3v) is 22.9. The Kier molecular flexibility index (Phi) is 28.3. The molecule has 0 amide bonds. The topological polar surface area (TPSA) is 374 Å². The second-order valence-electron chi connectivity index (χ2n) is 31.2. The van der Waals surface area contributed by atoms with E-state index < -0.39 is 0 Å². The predicted molar refractivity (Wildman–Crippen MR) is 437 cm³/mol. The number of nitriles is 4. The zero-order valence-corrected chi connectivity index (χ0v) is 65.9. The first-order valence-corrected chi connectivity index (χ1v) is 37.8. The molecule has 4 aliphatic rings. The van der Waals surface area contributed by atoms with Crippen LogP contribution >= 0.6 is 11.6 Å². The summed E-state index contributed by atoms with van der Waals surface area (Å²) in [4.78, 5) is 34.9. The van der Waals surface area contributed by atoms with Gasteiger partial charge in [0.2, 0.25) is 23.8 Å². The number of aryl methyl sites for hydroxylation is 1. The Labute approximate surface area is 656 Å². The molecular formula is C83H112ClFN20O5. The number of ether oxygens (including phenoxy) is 2. The molecule has 0 spiro atoms. The van der Waals surface area contributed by atoms with Crippen LogP contribution in [0.15, 0.2) is 110 Å². The van der Waals surface area contributed by atoms with Gasteiger partial charge < -0.3 is 67.3 Å². The highest BCUT2D eigenvalue weighted by Crippen LogP contribution is 2.49. The number of nitrogens with zero attached hydrogens (tertiary/aromatic N) is 12. The second kappa shape index (κ2) is 37.5. The van der Waals surface area contributed by atoms with Crippen molar-refractivity contribution in [1.29, 1.82) is 21.0 Å². The maximum Gasteiger partial charge on any atom is 0.224 e. The fourth-order valence-corrected chi connectivity index (χ4v) is 13.6. The molecule has 11 N–H and O–H groups in total. The number of anilines is 8. The van der Waals surface area contributed by atoms with Gasteiger partial charge >= 0.3 is 0 Å². The summed E-state index contributed by atoms with van der Waals surface area (Å²) in [5.41, 5.74) is 7.15. The molecule has 4 fully saturated rings. The molecule has 0 bridgehead atoms. The minimum atomic E-state index is -0.364. The van der Waals surface area contributed by atoms with Crippen LogP contribution in [0.25, 0.3) is 0 Å². The first-order valence-electron chi connectivity index (χ1n) is 37.4. The molecule has 27 heteroatoms. The van der Waals surface area contributed by atoms with Gasteiger partial charge in [0.25, 0.3) is 0 Å². The van der Waals surface area contributed by atoms with Gasteiger partial charge in [-0.15, -0.1) is 0 Å². The van der Waals surface area contributed by atoms with E-state index in [1.807, 2.05) is 63.2 Å². The first-order chi connectivity index (χ1) is 52.5. The maximum absolute atomic E-state index is 12.9. The highest BCUT2D eigenvalue weighted by Gasteiger charge is 2.49. The number of hydrogen-bond donors (Lipinski definition) is 11. The van der Waals surface area contributed by atoms with E-state index in [0.717, 1.165) is 78.8 Å². The summed E-state index contributed by atoms with van der Waals surface area (Å²) >= 11 is 6.08. The van der Waals surface area contributed by atoms with Crippen molar-refractivity contribution < 1.29 is 34.9 Å². The van der Waals surface area contributed by atoms with Gasteiger partial charge in [-0.3, -0.25) is 0 Å². The van der Waals surface area contributed by atoms with E-state index in [1.165, 1.54) is 36.6 Å². The van der Waals surface area contributed by atoms with Crippen molar-refractivity contribution in [3.8, 4) is 41.5 Å². The van der Waals surface area contributed by atoms with Crippen LogP contribution < -0.4 is 52.0 Å². The lowest BCUT2D eigenvalue weighted by Gasteiger charge is -2.51. The summed E-state index contributed by atoms with van der Waals surface area (Å²) in [6.45, 7) is 26.2. The van der Waals surface area contributed by atoms with E-state index in [4.69, 9.17) is 21.1 Å². The SMILES string of the molecule is COc1cc(CCNc2ncc(C#N)c(N[C@@H]3C[C@H](O)C3(C)C)n2)ccc1O.COc1ccc(CCNc2ncc(C#N)c(N[C@@H]3C[C@H](C)C3(C)C)n2)cc1.C[C@H]1C[C@@H](Nc2nc(NCCc3ccc(F)cc3)ncc2C#N)C1(C)C.Cc1cc(CCNc2ncc(C#N)c(N[C@@H]3CC[C@H](O)C(C)(C)C3)n2)ccc1Cl.[HH].[HH].[HH].[HH]. The van der Waals surface area contributed by atoms with Gasteiger partial charge in [0, 0.05) is 66.5 Å². The van der Waals surface area contributed by atoms with Crippen LogP contribution in [0.5, 0.6) is 17.2 Å². The van der Waals surface area contributed by atoms with Crippen molar-refractivity contribution in [2.45, 2.75) is 177 Å². The molecule has 8 aromatic rings. The normalized spacial score (nSPS) is 20.4. The molecule has 588 valence electrons.